The maximum atomic E-state index is 14.1. The zero-order valence-corrected chi connectivity index (χ0v) is 16.8. The van der Waals surface area contributed by atoms with Gasteiger partial charge in [0.1, 0.15) is 24.6 Å². The molecule has 0 saturated carbocycles. The third kappa shape index (κ3) is 3.43. The molecule has 0 spiro atoms. The number of esters is 1. The summed E-state index contributed by atoms with van der Waals surface area (Å²) < 4.78 is 21.4. The van der Waals surface area contributed by atoms with Crippen molar-refractivity contribution in [2.24, 2.45) is 0 Å². The van der Waals surface area contributed by atoms with Crippen LogP contribution in [0, 0.1) is 12.7 Å². The number of benzene rings is 2. The van der Waals surface area contributed by atoms with E-state index in [0.29, 0.717) is 38.6 Å². The minimum Gasteiger partial charge on any atom is -0.480 e. The van der Waals surface area contributed by atoms with Gasteiger partial charge < -0.3 is 14.4 Å². The average Bonchev–Trinajstić information content (AvgIpc) is 3.00. The average molecular weight is 423 g/mol. The lowest BCUT2D eigenvalue weighted by Gasteiger charge is -2.11. The Kier molecular flexibility index (Phi) is 5.02. The van der Waals surface area contributed by atoms with Gasteiger partial charge in [0.05, 0.1) is 12.5 Å². The maximum Gasteiger partial charge on any atom is 0.327 e. The van der Waals surface area contributed by atoms with Gasteiger partial charge >= 0.3 is 11.9 Å². The van der Waals surface area contributed by atoms with E-state index in [1.54, 1.807) is 35.8 Å². The second kappa shape index (κ2) is 7.67. The SMILES string of the molecule is COC(=O)Cn1nc(-c2c(C)n(CC(=O)O)c3ccc(F)cc23)c2ccccc2c1=O. The summed E-state index contributed by atoms with van der Waals surface area (Å²) in [5.74, 6) is -2.19. The van der Waals surface area contributed by atoms with Crippen molar-refractivity contribution in [3.8, 4) is 11.3 Å². The minimum absolute atomic E-state index is 0.325. The summed E-state index contributed by atoms with van der Waals surface area (Å²) in [6, 6.07) is 10.8. The van der Waals surface area contributed by atoms with Gasteiger partial charge in [-0.25, -0.2) is 9.07 Å². The van der Waals surface area contributed by atoms with Gasteiger partial charge in [-0.2, -0.15) is 5.10 Å². The fourth-order valence-electron chi connectivity index (χ4n) is 3.81. The number of carbonyl (C=O) groups excluding carboxylic acids is 1. The molecule has 0 aliphatic heterocycles. The molecule has 4 aromatic rings. The Balaban J connectivity index is 2.12. The topological polar surface area (TPSA) is 103 Å². The number of fused-ring (bicyclic) bond motifs is 2. The number of ether oxygens (including phenoxy) is 1. The summed E-state index contributed by atoms with van der Waals surface area (Å²) in [4.78, 5) is 36.1. The molecule has 0 atom stereocenters. The second-order valence-corrected chi connectivity index (χ2v) is 7.03. The smallest absolute Gasteiger partial charge is 0.327 e. The van der Waals surface area contributed by atoms with Crippen LogP contribution in [-0.2, 0) is 27.4 Å². The van der Waals surface area contributed by atoms with Gasteiger partial charge in [0.25, 0.3) is 5.56 Å². The number of aromatic nitrogens is 3. The normalized spacial score (nSPS) is 11.2. The summed E-state index contributed by atoms with van der Waals surface area (Å²) in [7, 11) is 1.21. The molecular weight excluding hydrogens is 405 g/mol. The molecule has 0 unspecified atom stereocenters. The van der Waals surface area contributed by atoms with Gasteiger partial charge in [0, 0.05) is 27.5 Å². The van der Waals surface area contributed by atoms with Crippen molar-refractivity contribution in [3.63, 3.8) is 0 Å². The highest BCUT2D eigenvalue weighted by atomic mass is 19.1. The van der Waals surface area contributed by atoms with Crippen LogP contribution in [0.2, 0.25) is 0 Å². The van der Waals surface area contributed by atoms with Crippen molar-refractivity contribution in [1.29, 1.82) is 0 Å². The van der Waals surface area contributed by atoms with E-state index in [9.17, 15) is 23.9 Å². The van der Waals surface area contributed by atoms with E-state index in [1.807, 2.05) is 0 Å². The van der Waals surface area contributed by atoms with Crippen molar-refractivity contribution >= 4 is 33.6 Å². The van der Waals surface area contributed by atoms with Crippen molar-refractivity contribution in [3.05, 3.63) is 64.3 Å². The largest absolute Gasteiger partial charge is 0.480 e. The molecule has 31 heavy (non-hydrogen) atoms. The Hall–Kier alpha value is -4.01. The Morgan fingerprint density at radius 3 is 2.48 bits per heavy atom. The molecule has 0 amide bonds. The lowest BCUT2D eigenvalue weighted by atomic mass is 10.0. The Morgan fingerprint density at radius 2 is 1.81 bits per heavy atom. The molecule has 0 aliphatic carbocycles. The number of halogens is 1. The molecular formula is C22H18FN3O5. The van der Waals surface area contributed by atoms with Crippen LogP contribution >= 0.6 is 0 Å². The highest BCUT2D eigenvalue weighted by molar-refractivity contribution is 6.05. The molecule has 2 aromatic carbocycles. The zero-order chi connectivity index (χ0) is 22.3. The standard InChI is InChI=1S/C22H18FN3O5/c1-12-20(16-9-13(23)7-8-17(16)25(12)10-18(27)28)21-14-5-3-4-6-15(14)22(30)26(24-21)11-19(29)31-2/h3-9H,10-11H2,1-2H3,(H,27,28). The van der Waals surface area contributed by atoms with E-state index >= 15 is 0 Å². The van der Waals surface area contributed by atoms with E-state index in [-0.39, 0.29) is 6.54 Å². The lowest BCUT2D eigenvalue weighted by molar-refractivity contribution is -0.141. The Morgan fingerprint density at radius 1 is 1.10 bits per heavy atom. The molecule has 0 aliphatic rings. The van der Waals surface area contributed by atoms with Crippen LogP contribution in [0.15, 0.2) is 47.3 Å². The molecule has 0 bridgehead atoms. The first-order chi connectivity index (χ1) is 14.8. The van der Waals surface area contributed by atoms with E-state index < -0.39 is 29.9 Å². The van der Waals surface area contributed by atoms with Crippen LogP contribution in [0.25, 0.3) is 32.9 Å². The third-order valence-corrected chi connectivity index (χ3v) is 5.19. The summed E-state index contributed by atoms with van der Waals surface area (Å²) in [5.41, 5.74) is 1.43. The van der Waals surface area contributed by atoms with Gasteiger partial charge in [-0.1, -0.05) is 18.2 Å². The number of aliphatic carboxylic acids is 1. The number of carboxylic acid groups (broad SMARTS) is 1. The highest BCUT2D eigenvalue weighted by Crippen LogP contribution is 2.36. The molecule has 1 N–H and O–H groups in total. The summed E-state index contributed by atoms with van der Waals surface area (Å²) >= 11 is 0. The molecule has 2 heterocycles. The Labute approximate surface area is 175 Å². The zero-order valence-electron chi connectivity index (χ0n) is 16.8. The van der Waals surface area contributed by atoms with Crippen LogP contribution < -0.4 is 5.56 Å². The van der Waals surface area contributed by atoms with E-state index in [2.05, 4.69) is 9.84 Å². The first-order valence-corrected chi connectivity index (χ1v) is 9.39. The van der Waals surface area contributed by atoms with Crippen LogP contribution in [0.1, 0.15) is 5.69 Å². The molecule has 158 valence electrons. The van der Waals surface area contributed by atoms with Gasteiger partial charge in [0.15, 0.2) is 0 Å². The number of hydrogen-bond donors (Lipinski definition) is 1. The minimum atomic E-state index is -1.05. The molecule has 9 heteroatoms. The fraction of sp³-hybridized carbons (Fsp3) is 0.182. The van der Waals surface area contributed by atoms with E-state index in [4.69, 9.17) is 0 Å². The highest BCUT2D eigenvalue weighted by Gasteiger charge is 2.22. The second-order valence-electron chi connectivity index (χ2n) is 7.03. The number of hydrogen-bond acceptors (Lipinski definition) is 5. The molecule has 0 saturated heterocycles. The van der Waals surface area contributed by atoms with Gasteiger partial charge in [-0.05, 0) is 31.2 Å². The van der Waals surface area contributed by atoms with Crippen LogP contribution in [0.3, 0.4) is 0 Å². The number of methoxy groups -OCH3 is 1. The monoisotopic (exact) mass is 423 g/mol. The molecule has 2 aromatic heterocycles. The van der Waals surface area contributed by atoms with Crippen molar-refractivity contribution in [2.45, 2.75) is 20.0 Å². The van der Waals surface area contributed by atoms with Gasteiger partial charge in [-0.3, -0.25) is 14.4 Å². The van der Waals surface area contributed by atoms with E-state index in [1.165, 1.54) is 25.3 Å². The van der Waals surface area contributed by atoms with Crippen LogP contribution in [0.5, 0.6) is 0 Å². The van der Waals surface area contributed by atoms with Crippen LogP contribution in [0.4, 0.5) is 4.39 Å². The quantitative estimate of drug-likeness (QED) is 0.495. The van der Waals surface area contributed by atoms with Crippen molar-refractivity contribution in [2.75, 3.05) is 7.11 Å². The van der Waals surface area contributed by atoms with Gasteiger partial charge in [-0.15, -0.1) is 0 Å². The predicted octanol–water partition coefficient (Wildman–Crippen LogP) is 2.72. The predicted molar refractivity (Wildman–Crippen MR) is 111 cm³/mol. The first-order valence-electron chi connectivity index (χ1n) is 9.39. The molecule has 8 nitrogen and oxygen atoms in total. The van der Waals surface area contributed by atoms with Crippen molar-refractivity contribution < 1.29 is 23.8 Å². The van der Waals surface area contributed by atoms with Crippen LogP contribution in [-0.4, -0.2) is 38.5 Å². The number of carboxylic acids is 1. The summed E-state index contributed by atoms with van der Waals surface area (Å²) in [5, 5.41) is 15.1. The van der Waals surface area contributed by atoms with Gasteiger partial charge in [0.2, 0.25) is 0 Å². The Bertz CT molecular complexity index is 1420. The fourth-order valence-corrected chi connectivity index (χ4v) is 3.81. The number of carbonyl (C=O) groups is 2. The number of nitrogens with zero attached hydrogens (tertiary/aromatic N) is 3. The lowest BCUT2D eigenvalue weighted by Crippen LogP contribution is -2.28. The third-order valence-electron chi connectivity index (χ3n) is 5.19. The summed E-state index contributed by atoms with van der Waals surface area (Å²) in [6.45, 7) is 0.991. The first kappa shape index (κ1) is 20.3. The molecule has 0 fully saturated rings. The molecule has 4 rings (SSSR count). The van der Waals surface area contributed by atoms with E-state index in [0.717, 1.165) is 4.68 Å². The molecule has 0 radical (unpaired) electrons. The number of rotatable bonds is 5. The maximum absolute atomic E-state index is 14.1. The van der Waals surface area contributed by atoms with Crippen molar-refractivity contribution in [1.82, 2.24) is 14.3 Å². The summed E-state index contributed by atoms with van der Waals surface area (Å²) in [6.07, 6.45) is 0.